The van der Waals surface area contributed by atoms with Crippen molar-refractivity contribution in [1.29, 1.82) is 0 Å². The molecule has 3 heterocycles. The van der Waals surface area contributed by atoms with Crippen molar-refractivity contribution >= 4 is 0 Å². The molecule has 0 N–H and O–H groups in total. The third-order valence-electron chi connectivity index (χ3n) is 3.95. The van der Waals surface area contributed by atoms with Crippen LogP contribution >= 0.6 is 0 Å². The molecule has 0 amide bonds. The Morgan fingerprint density at radius 1 is 1.19 bits per heavy atom. The van der Waals surface area contributed by atoms with Crippen molar-refractivity contribution in [3.05, 3.63) is 22.8 Å². The maximum Gasteiger partial charge on any atom is 0.125 e. The van der Waals surface area contributed by atoms with Crippen LogP contribution in [0.2, 0.25) is 0 Å². The van der Waals surface area contributed by atoms with Crippen LogP contribution in [0.15, 0.2) is 0 Å². The molecular weight excluding hydrogens is 198 g/mol. The largest absolute Gasteiger partial charge is 0.294 e. The molecular formula is C13H19N3. The second-order valence-electron chi connectivity index (χ2n) is 5.11. The Kier molecular flexibility index (Phi) is 2.43. The van der Waals surface area contributed by atoms with Crippen molar-refractivity contribution in [2.45, 2.75) is 52.1 Å². The topological polar surface area (TPSA) is 29.0 Å². The van der Waals surface area contributed by atoms with E-state index in [-0.39, 0.29) is 0 Å². The molecule has 1 fully saturated rings. The zero-order valence-corrected chi connectivity index (χ0v) is 10.2. The lowest BCUT2D eigenvalue weighted by molar-refractivity contribution is 0.124. The summed E-state index contributed by atoms with van der Waals surface area (Å²) in [7, 11) is 0. The van der Waals surface area contributed by atoms with Gasteiger partial charge in [0.05, 0.1) is 5.69 Å². The van der Waals surface area contributed by atoms with E-state index in [9.17, 15) is 0 Å². The fraction of sp³-hybridized carbons (Fsp3) is 0.692. The lowest BCUT2D eigenvalue weighted by atomic mass is 9.90. The Hall–Kier alpha value is -0.960. The fourth-order valence-electron chi connectivity index (χ4n) is 3.13. The zero-order chi connectivity index (χ0) is 11.1. The molecule has 3 heteroatoms. The monoisotopic (exact) mass is 217 g/mol. The molecule has 3 nitrogen and oxygen atoms in total. The highest BCUT2D eigenvalue weighted by atomic mass is 15.2. The summed E-state index contributed by atoms with van der Waals surface area (Å²) in [5.74, 6) is 0.923. The molecule has 86 valence electrons. The minimum atomic E-state index is 0.756. The predicted octanol–water partition coefficient (Wildman–Crippen LogP) is 2.00. The van der Waals surface area contributed by atoms with E-state index >= 15 is 0 Å². The minimum Gasteiger partial charge on any atom is -0.294 e. The standard InChI is InChI=1S/C13H19N3/c1-9-12-7-11-5-3-4-6-16(11)8-13(12)15-10(2)14-9/h11H,3-8H2,1-2H3. The van der Waals surface area contributed by atoms with Crippen LogP contribution in [0.1, 0.15) is 42.0 Å². The number of rotatable bonds is 0. The van der Waals surface area contributed by atoms with E-state index in [2.05, 4.69) is 21.8 Å². The summed E-state index contributed by atoms with van der Waals surface area (Å²) in [6.45, 7) is 6.43. The maximum absolute atomic E-state index is 4.61. The van der Waals surface area contributed by atoms with E-state index < -0.39 is 0 Å². The molecule has 16 heavy (non-hydrogen) atoms. The first-order valence-corrected chi connectivity index (χ1v) is 6.31. The second kappa shape index (κ2) is 3.81. The van der Waals surface area contributed by atoms with Gasteiger partial charge < -0.3 is 0 Å². The summed E-state index contributed by atoms with van der Waals surface area (Å²) >= 11 is 0. The van der Waals surface area contributed by atoms with Crippen molar-refractivity contribution in [3.63, 3.8) is 0 Å². The van der Waals surface area contributed by atoms with Crippen molar-refractivity contribution in [1.82, 2.24) is 14.9 Å². The molecule has 2 aliphatic heterocycles. The Labute approximate surface area is 96.9 Å². The lowest BCUT2D eigenvalue weighted by Crippen LogP contribution is -2.44. The van der Waals surface area contributed by atoms with Gasteiger partial charge in [0.1, 0.15) is 5.82 Å². The molecule has 2 aliphatic rings. The highest BCUT2D eigenvalue weighted by Crippen LogP contribution is 2.29. The van der Waals surface area contributed by atoms with Crippen LogP contribution in [0.3, 0.4) is 0 Å². The number of nitrogens with zero attached hydrogens (tertiary/aromatic N) is 3. The summed E-state index contributed by atoms with van der Waals surface area (Å²) in [5.41, 5.74) is 3.91. The van der Waals surface area contributed by atoms with E-state index in [1.165, 1.54) is 49.2 Å². The Bertz CT molecular complexity index is 414. The molecule has 0 spiro atoms. The van der Waals surface area contributed by atoms with Crippen molar-refractivity contribution in [2.24, 2.45) is 0 Å². The average molecular weight is 217 g/mol. The van der Waals surface area contributed by atoms with Crippen LogP contribution in [0.5, 0.6) is 0 Å². The molecule has 0 radical (unpaired) electrons. The average Bonchev–Trinajstić information content (AvgIpc) is 2.27. The molecule has 1 atom stereocenters. The maximum atomic E-state index is 4.61. The van der Waals surface area contributed by atoms with Gasteiger partial charge in [-0.3, -0.25) is 4.90 Å². The van der Waals surface area contributed by atoms with Crippen LogP contribution in [0.25, 0.3) is 0 Å². The smallest absolute Gasteiger partial charge is 0.125 e. The molecule has 1 aromatic rings. The van der Waals surface area contributed by atoms with Gasteiger partial charge in [-0.2, -0.15) is 0 Å². The van der Waals surface area contributed by atoms with Crippen molar-refractivity contribution in [2.75, 3.05) is 6.54 Å². The van der Waals surface area contributed by atoms with Gasteiger partial charge in [-0.05, 0) is 45.2 Å². The molecule has 0 saturated carbocycles. The first-order chi connectivity index (χ1) is 7.74. The summed E-state index contributed by atoms with van der Waals surface area (Å²) in [6, 6.07) is 0.756. The highest BCUT2D eigenvalue weighted by molar-refractivity contribution is 5.28. The Morgan fingerprint density at radius 2 is 2.06 bits per heavy atom. The van der Waals surface area contributed by atoms with Gasteiger partial charge in [-0.15, -0.1) is 0 Å². The molecule has 1 saturated heterocycles. The van der Waals surface area contributed by atoms with Crippen LogP contribution < -0.4 is 0 Å². The Balaban J connectivity index is 1.98. The van der Waals surface area contributed by atoms with Gasteiger partial charge in [-0.25, -0.2) is 9.97 Å². The summed E-state index contributed by atoms with van der Waals surface area (Å²) in [4.78, 5) is 11.7. The summed E-state index contributed by atoms with van der Waals surface area (Å²) in [5, 5.41) is 0. The molecule has 1 unspecified atom stereocenters. The first kappa shape index (κ1) is 10.2. The van der Waals surface area contributed by atoms with Crippen LogP contribution in [0.4, 0.5) is 0 Å². The summed E-state index contributed by atoms with van der Waals surface area (Å²) in [6.07, 6.45) is 5.27. The highest BCUT2D eigenvalue weighted by Gasteiger charge is 2.30. The third-order valence-corrected chi connectivity index (χ3v) is 3.95. The number of aromatic nitrogens is 2. The fourth-order valence-corrected chi connectivity index (χ4v) is 3.13. The van der Waals surface area contributed by atoms with Gasteiger partial charge >= 0.3 is 0 Å². The second-order valence-corrected chi connectivity index (χ2v) is 5.11. The summed E-state index contributed by atoms with van der Waals surface area (Å²) < 4.78 is 0. The van der Waals surface area contributed by atoms with Gasteiger partial charge in [0.15, 0.2) is 0 Å². The SMILES string of the molecule is Cc1nc(C)c2c(n1)CN1CCCCC1C2. The minimum absolute atomic E-state index is 0.756. The molecule has 3 rings (SSSR count). The molecule has 0 bridgehead atoms. The zero-order valence-electron chi connectivity index (χ0n) is 10.2. The quantitative estimate of drug-likeness (QED) is 0.665. The van der Waals surface area contributed by atoms with E-state index in [4.69, 9.17) is 0 Å². The number of hydrogen-bond acceptors (Lipinski definition) is 3. The Morgan fingerprint density at radius 3 is 2.94 bits per heavy atom. The molecule has 0 aliphatic carbocycles. The predicted molar refractivity (Wildman–Crippen MR) is 63.3 cm³/mol. The van der Waals surface area contributed by atoms with E-state index in [1.807, 2.05) is 6.92 Å². The number of fused-ring (bicyclic) bond motifs is 2. The first-order valence-electron chi connectivity index (χ1n) is 6.31. The van der Waals surface area contributed by atoms with Crippen molar-refractivity contribution < 1.29 is 0 Å². The van der Waals surface area contributed by atoms with E-state index in [1.54, 1.807) is 0 Å². The molecule has 1 aromatic heterocycles. The number of aryl methyl sites for hydroxylation is 2. The van der Waals surface area contributed by atoms with Gasteiger partial charge in [0.2, 0.25) is 0 Å². The van der Waals surface area contributed by atoms with E-state index in [0.29, 0.717) is 0 Å². The lowest BCUT2D eigenvalue weighted by Gasteiger charge is -2.39. The molecule has 0 aromatic carbocycles. The van der Waals surface area contributed by atoms with Gasteiger partial charge in [0.25, 0.3) is 0 Å². The third kappa shape index (κ3) is 1.63. The van der Waals surface area contributed by atoms with Gasteiger partial charge in [0, 0.05) is 18.3 Å². The van der Waals surface area contributed by atoms with Gasteiger partial charge in [-0.1, -0.05) is 6.42 Å². The van der Waals surface area contributed by atoms with Crippen LogP contribution in [-0.4, -0.2) is 27.5 Å². The van der Waals surface area contributed by atoms with Crippen LogP contribution in [-0.2, 0) is 13.0 Å². The normalized spacial score (nSPS) is 25.0. The number of hydrogen-bond donors (Lipinski definition) is 0. The number of piperidine rings is 1. The van der Waals surface area contributed by atoms with E-state index in [0.717, 1.165) is 18.4 Å². The van der Waals surface area contributed by atoms with Crippen LogP contribution in [0, 0.1) is 13.8 Å². The van der Waals surface area contributed by atoms with Crippen molar-refractivity contribution in [3.8, 4) is 0 Å².